The molecule has 0 unspecified atom stereocenters. The molecule has 0 saturated carbocycles. The Labute approximate surface area is 166 Å². The SMILES string of the molecule is Cc1cc(OCCSc2ccc(C(=O)N3CCCC3)cn2)ccc1C(C)C. The Morgan fingerprint density at radius 2 is 2.00 bits per heavy atom. The van der Waals surface area contributed by atoms with E-state index in [-0.39, 0.29) is 5.91 Å². The molecule has 0 atom stereocenters. The first-order valence-corrected chi connectivity index (χ1v) is 10.6. The fourth-order valence-electron chi connectivity index (χ4n) is 3.39. The fourth-order valence-corrected chi connectivity index (χ4v) is 4.05. The summed E-state index contributed by atoms with van der Waals surface area (Å²) in [5.74, 6) is 2.36. The first-order valence-electron chi connectivity index (χ1n) is 9.66. The van der Waals surface area contributed by atoms with Crippen LogP contribution in [0.4, 0.5) is 0 Å². The van der Waals surface area contributed by atoms with Gasteiger partial charge in [0.25, 0.3) is 5.91 Å². The van der Waals surface area contributed by atoms with E-state index in [4.69, 9.17) is 4.74 Å². The van der Waals surface area contributed by atoms with Gasteiger partial charge in [0, 0.05) is 25.0 Å². The third kappa shape index (κ3) is 5.25. The smallest absolute Gasteiger partial charge is 0.255 e. The number of aromatic nitrogens is 1. The summed E-state index contributed by atoms with van der Waals surface area (Å²) in [6.07, 6.45) is 3.90. The second kappa shape index (κ2) is 9.27. The molecule has 2 heterocycles. The number of nitrogens with zero attached hydrogens (tertiary/aromatic N) is 2. The highest BCUT2D eigenvalue weighted by atomic mass is 32.2. The predicted molar refractivity (Wildman–Crippen MR) is 111 cm³/mol. The van der Waals surface area contributed by atoms with Gasteiger partial charge in [0.15, 0.2) is 0 Å². The molecule has 1 aromatic carbocycles. The minimum absolute atomic E-state index is 0.0973. The maximum atomic E-state index is 12.3. The Kier molecular flexibility index (Phi) is 6.78. The van der Waals surface area contributed by atoms with E-state index in [2.05, 4.69) is 37.9 Å². The molecule has 0 radical (unpaired) electrons. The molecule has 0 N–H and O–H groups in total. The van der Waals surface area contributed by atoms with Gasteiger partial charge >= 0.3 is 0 Å². The van der Waals surface area contributed by atoms with E-state index in [1.54, 1.807) is 18.0 Å². The number of hydrogen-bond acceptors (Lipinski definition) is 4. The van der Waals surface area contributed by atoms with Gasteiger partial charge in [-0.1, -0.05) is 19.9 Å². The highest BCUT2D eigenvalue weighted by Crippen LogP contribution is 2.24. The average Bonchev–Trinajstić information content (AvgIpc) is 3.20. The maximum Gasteiger partial charge on any atom is 0.255 e. The summed E-state index contributed by atoms with van der Waals surface area (Å²) < 4.78 is 5.86. The van der Waals surface area contributed by atoms with Gasteiger partial charge in [-0.05, 0) is 61.1 Å². The lowest BCUT2D eigenvalue weighted by molar-refractivity contribution is 0.0792. The van der Waals surface area contributed by atoms with Crippen molar-refractivity contribution >= 4 is 17.7 Å². The van der Waals surface area contributed by atoms with Gasteiger partial charge in [-0.2, -0.15) is 0 Å². The normalized spacial score (nSPS) is 14.0. The van der Waals surface area contributed by atoms with Crippen molar-refractivity contribution in [2.45, 2.75) is 44.6 Å². The van der Waals surface area contributed by atoms with Gasteiger partial charge in [0.1, 0.15) is 5.75 Å². The Morgan fingerprint density at radius 3 is 2.63 bits per heavy atom. The third-order valence-corrected chi connectivity index (χ3v) is 5.75. The Bertz CT molecular complexity index is 768. The Morgan fingerprint density at radius 1 is 1.22 bits per heavy atom. The number of rotatable bonds is 7. The molecule has 4 nitrogen and oxygen atoms in total. The van der Waals surface area contributed by atoms with Crippen LogP contribution in [0, 0.1) is 6.92 Å². The molecule has 0 bridgehead atoms. The van der Waals surface area contributed by atoms with E-state index in [9.17, 15) is 4.79 Å². The number of carbonyl (C=O) groups is 1. The second-order valence-electron chi connectivity index (χ2n) is 7.25. The van der Waals surface area contributed by atoms with Gasteiger partial charge in [-0.3, -0.25) is 4.79 Å². The number of aryl methyl sites for hydroxylation is 1. The number of likely N-dealkylation sites (tertiary alicyclic amines) is 1. The molecule has 1 fully saturated rings. The molecule has 0 aliphatic carbocycles. The zero-order valence-corrected chi connectivity index (χ0v) is 17.2. The van der Waals surface area contributed by atoms with Gasteiger partial charge < -0.3 is 9.64 Å². The summed E-state index contributed by atoms with van der Waals surface area (Å²) in [7, 11) is 0. The number of carbonyl (C=O) groups excluding carboxylic acids is 1. The standard InChI is InChI=1S/C22H28N2O2S/c1-16(2)20-8-7-19(14-17(20)3)26-12-13-27-21-9-6-18(15-23-21)22(25)24-10-4-5-11-24/h6-9,14-16H,4-5,10-13H2,1-3H3. The van der Waals surface area contributed by atoms with Crippen molar-refractivity contribution in [3.8, 4) is 5.75 Å². The fraction of sp³-hybridized carbons (Fsp3) is 0.455. The predicted octanol–water partition coefficient (Wildman–Crippen LogP) is 4.92. The van der Waals surface area contributed by atoms with Crippen molar-refractivity contribution in [1.82, 2.24) is 9.88 Å². The topological polar surface area (TPSA) is 42.4 Å². The minimum atomic E-state index is 0.0973. The minimum Gasteiger partial charge on any atom is -0.493 e. The molecule has 1 aliphatic heterocycles. The van der Waals surface area contributed by atoms with E-state index in [1.165, 1.54) is 11.1 Å². The molecule has 1 amide bonds. The van der Waals surface area contributed by atoms with Crippen molar-refractivity contribution in [1.29, 1.82) is 0 Å². The molecular weight excluding hydrogens is 356 g/mol. The van der Waals surface area contributed by atoms with Crippen LogP contribution < -0.4 is 4.74 Å². The van der Waals surface area contributed by atoms with E-state index in [0.717, 1.165) is 42.5 Å². The lowest BCUT2D eigenvalue weighted by Gasteiger charge is -2.15. The van der Waals surface area contributed by atoms with Gasteiger partial charge in [0.2, 0.25) is 0 Å². The van der Waals surface area contributed by atoms with Crippen LogP contribution in [0.3, 0.4) is 0 Å². The number of ether oxygens (including phenoxy) is 1. The molecule has 1 aliphatic rings. The van der Waals surface area contributed by atoms with Crippen LogP contribution in [-0.2, 0) is 0 Å². The molecule has 2 aromatic rings. The lowest BCUT2D eigenvalue weighted by Crippen LogP contribution is -2.27. The molecule has 1 saturated heterocycles. The van der Waals surface area contributed by atoms with Crippen LogP contribution in [0.5, 0.6) is 5.75 Å². The number of benzene rings is 1. The summed E-state index contributed by atoms with van der Waals surface area (Å²) in [4.78, 5) is 18.7. The number of amides is 1. The highest BCUT2D eigenvalue weighted by molar-refractivity contribution is 7.99. The van der Waals surface area contributed by atoms with Crippen molar-refractivity contribution in [3.05, 3.63) is 53.2 Å². The van der Waals surface area contributed by atoms with Crippen LogP contribution in [0.1, 0.15) is 54.1 Å². The highest BCUT2D eigenvalue weighted by Gasteiger charge is 2.19. The first-order chi connectivity index (χ1) is 13.0. The summed E-state index contributed by atoms with van der Waals surface area (Å²) >= 11 is 1.64. The van der Waals surface area contributed by atoms with E-state index in [1.807, 2.05) is 23.1 Å². The Hall–Kier alpha value is -2.01. The first kappa shape index (κ1) is 19.7. The van der Waals surface area contributed by atoms with Crippen molar-refractivity contribution in [2.24, 2.45) is 0 Å². The molecule has 0 spiro atoms. The Balaban J connectivity index is 1.45. The monoisotopic (exact) mass is 384 g/mol. The van der Waals surface area contributed by atoms with Crippen molar-refractivity contribution in [3.63, 3.8) is 0 Å². The van der Waals surface area contributed by atoms with Gasteiger partial charge in [-0.15, -0.1) is 11.8 Å². The lowest BCUT2D eigenvalue weighted by atomic mass is 9.98. The van der Waals surface area contributed by atoms with E-state index >= 15 is 0 Å². The van der Waals surface area contributed by atoms with E-state index < -0.39 is 0 Å². The number of thioether (sulfide) groups is 1. The molecule has 5 heteroatoms. The molecule has 144 valence electrons. The quantitative estimate of drug-likeness (QED) is 0.502. The zero-order chi connectivity index (χ0) is 19.2. The summed E-state index contributed by atoms with van der Waals surface area (Å²) in [5, 5.41) is 0.919. The average molecular weight is 385 g/mol. The van der Waals surface area contributed by atoms with Crippen LogP contribution in [-0.4, -0.2) is 41.2 Å². The number of pyridine rings is 1. The van der Waals surface area contributed by atoms with Crippen molar-refractivity contribution < 1.29 is 9.53 Å². The second-order valence-corrected chi connectivity index (χ2v) is 8.37. The van der Waals surface area contributed by atoms with E-state index in [0.29, 0.717) is 18.1 Å². The molecule has 27 heavy (non-hydrogen) atoms. The number of hydrogen-bond donors (Lipinski definition) is 0. The van der Waals surface area contributed by atoms with Crippen LogP contribution >= 0.6 is 11.8 Å². The molecule has 1 aromatic heterocycles. The van der Waals surface area contributed by atoms with Gasteiger partial charge in [0.05, 0.1) is 17.2 Å². The molecular formula is C22H28N2O2S. The van der Waals surface area contributed by atoms with Crippen LogP contribution in [0.25, 0.3) is 0 Å². The largest absolute Gasteiger partial charge is 0.493 e. The third-order valence-electron chi connectivity index (χ3n) is 4.84. The zero-order valence-electron chi connectivity index (χ0n) is 16.4. The molecule has 3 rings (SSSR count). The summed E-state index contributed by atoms with van der Waals surface area (Å²) in [5.41, 5.74) is 3.32. The van der Waals surface area contributed by atoms with Crippen LogP contribution in [0.2, 0.25) is 0 Å². The van der Waals surface area contributed by atoms with Crippen LogP contribution in [0.15, 0.2) is 41.6 Å². The maximum absolute atomic E-state index is 12.3. The van der Waals surface area contributed by atoms with Crippen molar-refractivity contribution in [2.75, 3.05) is 25.4 Å². The summed E-state index contributed by atoms with van der Waals surface area (Å²) in [6.45, 7) is 8.90. The van der Waals surface area contributed by atoms with Gasteiger partial charge in [-0.25, -0.2) is 4.98 Å². The summed E-state index contributed by atoms with van der Waals surface area (Å²) in [6, 6.07) is 10.1.